The number of nitrogens with one attached hydrogen (secondary N) is 1. The van der Waals surface area contributed by atoms with Gasteiger partial charge >= 0.3 is 6.03 Å². The van der Waals surface area contributed by atoms with Crippen molar-refractivity contribution in [2.75, 3.05) is 13.6 Å². The van der Waals surface area contributed by atoms with Gasteiger partial charge in [0.25, 0.3) is 0 Å². The zero-order chi connectivity index (χ0) is 14.5. The number of carbonyl (C=O) groups is 1. The highest BCUT2D eigenvalue weighted by atomic mass is 16.2. The second-order valence-electron chi connectivity index (χ2n) is 5.41. The van der Waals surface area contributed by atoms with E-state index in [9.17, 15) is 4.79 Å². The van der Waals surface area contributed by atoms with Crippen molar-refractivity contribution in [2.24, 2.45) is 0 Å². The summed E-state index contributed by atoms with van der Waals surface area (Å²) < 4.78 is 0. The summed E-state index contributed by atoms with van der Waals surface area (Å²) in [6, 6.07) is 14.8. The number of likely N-dealkylation sites (N-methyl/N-ethyl adjacent to an activating group) is 1. The molecule has 20 heavy (non-hydrogen) atoms. The van der Waals surface area contributed by atoms with E-state index in [1.807, 2.05) is 27.0 Å². The third-order valence-corrected chi connectivity index (χ3v) is 3.36. The summed E-state index contributed by atoms with van der Waals surface area (Å²) in [6.45, 7) is 4.65. The van der Waals surface area contributed by atoms with Gasteiger partial charge in [0.2, 0.25) is 0 Å². The van der Waals surface area contributed by atoms with E-state index >= 15 is 0 Å². The average Bonchev–Trinajstić information content (AvgIpc) is 2.44. The standard InChI is InChI=1S/C17H22N2O/c1-13(2)18-17(20)19(3)12-11-15-9-6-8-14-7-4-5-10-16(14)15/h4-10,13H,11-12H2,1-3H3,(H,18,20). The number of hydrogen-bond donors (Lipinski definition) is 1. The third-order valence-electron chi connectivity index (χ3n) is 3.36. The maximum atomic E-state index is 11.9. The van der Waals surface area contributed by atoms with Crippen LogP contribution in [0.3, 0.4) is 0 Å². The van der Waals surface area contributed by atoms with Crippen molar-refractivity contribution in [3.05, 3.63) is 48.0 Å². The summed E-state index contributed by atoms with van der Waals surface area (Å²) in [5, 5.41) is 5.42. The minimum Gasteiger partial charge on any atom is -0.336 e. The highest BCUT2D eigenvalue weighted by molar-refractivity contribution is 5.85. The zero-order valence-corrected chi connectivity index (χ0v) is 12.4. The zero-order valence-electron chi connectivity index (χ0n) is 12.4. The predicted molar refractivity (Wildman–Crippen MR) is 83.9 cm³/mol. The molecule has 3 nitrogen and oxygen atoms in total. The molecule has 0 aliphatic carbocycles. The lowest BCUT2D eigenvalue weighted by molar-refractivity contribution is 0.207. The van der Waals surface area contributed by atoms with Crippen molar-refractivity contribution in [1.29, 1.82) is 0 Å². The molecule has 2 rings (SSSR count). The van der Waals surface area contributed by atoms with Crippen LogP contribution in [0, 0.1) is 0 Å². The molecule has 0 saturated heterocycles. The van der Waals surface area contributed by atoms with Gasteiger partial charge < -0.3 is 10.2 Å². The van der Waals surface area contributed by atoms with Crippen molar-refractivity contribution in [2.45, 2.75) is 26.3 Å². The van der Waals surface area contributed by atoms with Gasteiger partial charge in [0.15, 0.2) is 0 Å². The van der Waals surface area contributed by atoms with E-state index in [2.05, 4.69) is 41.7 Å². The van der Waals surface area contributed by atoms with Crippen LogP contribution >= 0.6 is 0 Å². The number of urea groups is 1. The molecule has 0 saturated carbocycles. The van der Waals surface area contributed by atoms with Crippen LogP contribution in [0.1, 0.15) is 19.4 Å². The van der Waals surface area contributed by atoms with E-state index < -0.39 is 0 Å². The number of carbonyl (C=O) groups excluding carboxylic acids is 1. The van der Waals surface area contributed by atoms with Crippen LogP contribution in [0.5, 0.6) is 0 Å². The van der Waals surface area contributed by atoms with Gasteiger partial charge in [0.1, 0.15) is 0 Å². The maximum absolute atomic E-state index is 11.9. The predicted octanol–water partition coefficient (Wildman–Crippen LogP) is 3.43. The Kier molecular flexibility index (Phi) is 4.61. The van der Waals surface area contributed by atoms with E-state index in [1.165, 1.54) is 16.3 Å². The van der Waals surface area contributed by atoms with Crippen molar-refractivity contribution in [1.82, 2.24) is 10.2 Å². The van der Waals surface area contributed by atoms with Gasteiger partial charge in [-0.2, -0.15) is 0 Å². The van der Waals surface area contributed by atoms with E-state index in [0.717, 1.165) is 6.42 Å². The molecule has 0 radical (unpaired) electrons. The van der Waals surface area contributed by atoms with Crippen LogP contribution in [0.2, 0.25) is 0 Å². The Balaban J connectivity index is 2.04. The van der Waals surface area contributed by atoms with Crippen molar-refractivity contribution >= 4 is 16.8 Å². The minimum absolute atomic E-state index is 0.0137. The SMILES string of the molecule is CC(C)NC(=O)N(C)CCc1cccc2ccccc12. The topological polar surface area (TPSA) is 32.3 Å². The second kappa shape index (κ2) is 6.42. The summed E-state index contributed by atoms with van der Waals surface area (Å²) in [4.78, 5) is 13.6. The molecule has 0 fully saturated rings. The van der Waals surface area contributed by atoms with Crippen LogP contribution in [0.4, 0.5) is 4.79 Å². The number of fused-ring (bicyclic) bond motifs is 1. The highest BCUT2D eigenvalue weighted by Gasteiger charge is 2.09. The number of rotatable bonds is 4. The summed E-state index contributed by atoms with van der Waals surface area (Å²) in [7, 11) is 1.84. The summed E-state index contributed by atoms with van der Waals surface area (Å²) in [5.74, 6) is 0. The first-order valence-corrected chi connectivity index (χ1v) is 7.06. The fourth-order valence-corrected chi connectivity index (χ4v) is 2.26. The largest absolute Gasteiger partial charge is 0.336 e. The smallest absolute Gasteiger partial charge is 0.317 e. The summed E-state index contributed by atoms with van der Waals surface area (Å²) in [5.41, 5.74) is 1.28. The quantitative estimate of drug-likeness (QED) is 0.907. The van der Waals surface area contributed by atoms with E-state index in [-0.39, 0.29) is 12.1 Å². The third kappa shape index (κ3) is 3.50. The average molecular weight is 270 g/mol. The normalized spacial score (nSPS) is 10.8. The Morgan fingerprint density at radius 3 is 2.60 bits per heavy atom. The lowest BCUT2D eigenvalue weighted by Crippen LogP contribution is -2.41. The minimum atomic E-state index is -0.0137. The Morgan fingerprint density at radius 1 is 1.15 bits per heavy atom. The Labute approximate surface area is 120 Å². The number of amides is 2. The van der Waals surface area contributed by atoms with Crippen LogP contribution in [-0.2, 0) is 6.42 Å². The molecular formula is C17H22N2O. The number of benzene rings is 2. The molecule has 0 aromatic heterocycles. The molecule has 3 heteroatoms. The van der Waals surface area contributed by atoms with Gasteiger partial charge in [-0.25, -0.2) is 4.79 Å². The van der Waals surface area contributed by atoms with E-state index in [0.29, 0.717) is 6.54 Å². The highest BCUT2D eigenvalue weighted by Crippen LogP contribution is 2.18. The molecule has 1 N–H and O–H groups in total. The molecule has 0 atom stereocenters. The first-order valence-electron chi connectivity index (χ1n) is 7.06. The number of nitrogens with zero attached hydrogens (tertiary/aromatic N) is 1. The monoisotopic (exact) mass is 270 g/mol. The first-order chi connectivity index (χ1) is 9.58. The molecule has 2 amide bonds. The van der Waals surface area contributed by atoms with Crippen LogP contribution in [0.15, 0.2) is 42.5 Å². The van der Waals surface area contributed by atoms with Crippen molar-refractivity contribution in [3.8, 4) is 0 Å². The summed E-state index contributed by atoms with van der Waals surface area (Å²) >= 11 is 0. The van der Waals surface area contributed by atoms with E-state index in [4.69, 9.17) is 0 Å². The molecular weight excluding hydrogens is 248 g/mol. The molecule has 0 heterocycles. The molecule has 2 aromatic carbocycles. The molecule has 0 aliphatic rings. The molecule has 106 valence electrons. The molecule has 0 spiro atoms. The fraction of sp³-hybridized carbons (Fsp3) is 0.353. The van der Waals surface area contributed by atoms with Gasteiger partial charge in [-0.1, -0.05) is 42.5 Å². The second-order valence-corrected chi connectivity index (χ2v) is 5.41. The Bertz CT molecular complexity index is 587. The van der Waals surface area contributed by atoms with Crippen LogP contribution in [0.25, 0.3) is 10.8 Å². The van der Waals surface area contributed by atoms with Gasteiger partial charge in [-0.05, 0) is 36.6 Å². The van der Waals surface area contributed by atoms with E-state index in [1.54, 1.807) is 4.90 Å². The van der Waals surface area contributed by atoms with Gasteiger partial charge in [-0.15, -0.1) is 0 Å². The number of hydrogen-bond acceptors (Lipinski definition) is 1. The lowest BCUT2D eigenvalue weighted by Gasteiger charge is -2.20. The molecule has 0 bridgehead atoms. The Hall–Kier alpha value is -2.03. The lowest BCUT2D eigenvalue weighted by atomic mass is 10.0. The maximum Gasteiger partial charge on any atom is 0.317 e. The van der Waals surface area contributed by atoms with Crippen molar-refractivity contribution < 1.29 is 4.79 Å². The van der Waals surface area contributed by atoms with Gasteiger partial charge in [0, 0.05) is 19.6 Å². The first kappa shape index (κ1) is 14.4. The van der Waals surface area contributed by atoms with Crippen LogP contribution < -0.4 is 5.32 Å². The Morgan fingerprint density at radius 2 is 1.85 bits per heavy atom. The van der Waals surface area contributed by atoms with Crippen LogP contribution in [-0.4, -0.2) is 30.6 Å². The van der Waals surface area contributed by atoms with Gasteiger partial charge in [0.05, 0.1) is 0 Å². The van der Waals surface area contributed by atoms with Gasteiger partial charge in [-0.3, -0.25) is 0 Å². The summed E-state index contributed by atoms with van der Waals surface area (Å²) in [6.07, 6.45) is 0.864. The fourth-order valence-electron chi connectivity index (χ4n) is 2.26. The molecule has 0 aliphatic heterocycles. The van der Waals surface area contributed by atoms with Crippen molar-refractivity contribution in [3.63, 3.8) is 0 Å². The molecule has 2 aromatic rings. The molecule has 0 unspecified atom stereocenters.